The van der Waals surface area contributed by atoms with E-state index in [1.807, 2.05) is 41.5 Å². The standard InChI is InChI=1S/C18H30N2O3S/c1-7-20(8-2)24(22,23)16-11-9-15(10-12-16)14(3)19-17(21)13-18(4,5)6/h9-12,14H,7-8,13H2,1-6H3,(H,19,21). The van der Waals surface area contributed by atoms with Crippen LogP contribution in [0.1, 0.15) is 59.6 Å². The molecule has 0 aliphatic carbocycles. The molecular weight excluding hydrogens is 324 g/mol. The first kappa shape index (κ1) is 20.6. The van der Waals surface area contributed by atoms with Gasteiger partial charge in [-0.3, -0.25) is 4.79 Å². The van der Waals surface area contributed by atoms with Crippen molar-refractivity contribution in [2.75, 3.05) is 13.1 Å². The molecule has 136 valence electrons. The van der Waals surface area contributed by atoms with Crippen LogP contribution in [0.25, 0.3) is 0 Å². The molecule has 0 spiro atoms. The zero-order chi connectivity index (χ0) is 18.5. The van der Waals surface area contributed by atoms with E-state index in [1.54, 1.807) is 24.3 Å². The molecule has 6 heteroatoms. The molecule has 0 saturated carbocycles. The van der Waals surface area contributed by atoms with Crippen LogP contribution in [-0.4, -0.2) is 31.7 Å². The molecule has 0 aliphatic heterocycles. The van der Waals surface area contributed by atoms with Gasteiger partial charge in [0.15, 0.2) is 0 Å². The number of benzene rings is 1. The Labute approximate surface area is 146 Å². The smallest absolute Gasteiger partial charge is 0.243 e. The molecule has 1 unspecified atom stereocenters. The van der Waals surface area contributed by atoms with Crippen LogP contribution in [0.3, 0.4) is 0 Å². The van der Waals surface area contributed by atoms with Crippen molar-refractivity contribution >= 4 is 15.9 Å². The highest BCUT2D eigenvalue weighted by Crippen LogP contribution is 2.21. The average Bonchev–Trinajstić information content (AvgIpc) is 2.46. The predicted octanol–water partition coefficient (Wildman–Crippen LogP) is 3.33. The van der Waals surface area contributed by atoms with Gasteiger partial charge in [-0.15, -0.1) is 0 Å². The molecular formula is C18H30N2O3S. The highest BCUT2D eigenvalue weighted by Gasteiger charge is 2.22. The first-order valence-electron chi connectivity index (χ1n) is 8.40. The normalized spacial score (nSPS) is 13.8. The van der Waals surface area contributed by atoms with Crippen LogP contribution in [0.15, 0.2) is 29.2 Å². The van der Waals surface area contributed by atoms with Gasteiger partial charge in [-0.05, 0) is 30.0 Å². The minimum Gasteiger partial charge on any atom is -0.350 e. The Morgan fingerprint density at radius 1 is 1.12 bits per heavy atom. The summed E-state index contributed by atoms with van der Waals surface area (Å²) in [5, 5.41) is 2.96. The van der Waals surface area contributed by atoms with Gasteiger partial charge in [-0.2, -0.15) is 4.31 Å². The second-order valence-electron chi connectivity index (χ2n) is 7.19. The minimum absolute atomic E-state index is 0.00478. The lowest BCUT2D eigenvalue weighted by Gasteiger charge is -2.21. The molecule has 0 bridgehead atoms. The fourth-order valence-corrected chi connectivity index (χ4v) is 3.96. The van der Waals surface area contributed by atoms with Crippen LogP contribution < -0.4 is 5.32 Å². The summed E-state index contributed by atoms with van der Waals surface area (Å²) in [6.07, 6.45) is 0.450. The van der Waals surface area contributed by atoms with Crippen LogP contribution in [0, 0.1) is 5.41 Å². The Morgan fingerprint density at radius 3 is 2.04 bits per heavy atom. The van der Waals surface area contributed by atoms with Gasteiger partial charge in [-0.1, -0.05) is 46.8 Å². The van der Waals surface area contributed by atoms with E-state index in [1.165, 1.54) is 4.31 Å². The number of nitrogens with zero attached hydrogens (tertiary/aromatic N) is 1. The monoisotopic (exact) mass is 354 g/mol. The molecule has 1 amide bonds. The Morgan fingerprint density at radius 2 is 1.62 bits per heavy atom. The SMILES string of the molecule is CCN(CC)S(=O)(=O)c1ccc(C(C)NC(=O)CC(C)(C)C)cc1. The number of rotatable bonds is 7. The van der Waals surface area contributed by atoms with E-state index in [4.69, 9.17) is 0 Å². The van der Waals surface area contributed by atoms with Crippen molar-refractivity contribution in [2.24, 2.45) is 5.41 Å². The predicted molar refractivity (Wildman–Crippen MR) is 97.2 cm³/mol. The topological polar surface area (TPSA) is 66.5 Å². The third-order valence-corrected chi connectivity index (χ3v) is 5.86. The molecule has 1 aromatic rings. The number of nitrogens with one attached hydrogen (secondary N) is 1. The largest absolute Gasteiger partial charge is 0.350 e. The van der Waals surface area contributed by atoms with Gasteiger partial charge in [0.2, 0.25) is 15.9 Å². The highest BCUT2D eigenvalue weighted by atomic mass is 32.2. The lowest BCUT2D eigenvalue weighted by Crippen LogP contribution is -2.31. The molecule has 0 radical (unpaired) electrons. The molecule has 0 aromatic heterocycles. The summed E-state index contributed by atoms with van der Waals surface area (Å²) in [4.78, 5) is 12.3. The van der Waals surface area contributed by atoms with Gasteiger partial charge >= 0.3 is 0 Å². The van der Waals surface area contributed by atoms with E-state index in [2.05, 4.69) is 5.32 Å². The Kier molecular flexibility index (Phi) is 6.98. The number of hydrogen-bond donors (Lipinski definition) is 1. The zero-order valence-electron chi connectivity index (χ0n) is 15.6. The van der Waals surface area contributed by atoms with E-state index >= 15 is 0 Å². The lowest BCUT2D eigenvalue weighted by atomic mass is 9.91. The molecule has 1 aromatic carbocycles. The molecule has 1 atom stereocenters. The van der Waals surface area contributed by atoms with Crippen molar-refractivity contribution < 1.29 is 13.2 Å². The van der Waals surface area contributed by atoms with E-state index in [-0.39, 0.29) is 22.3 Å². The van der Waals surface area contributed by atoms with Gasteiger partial charge in [0.05, 0.1) is 10.9 Å². The van der Waals surface area contributed by atoms with Crippen molar-refractivity contribution in [3.05, 3.63) is 29.8 Å². The van der Waals surface area contributed by atoms with E-state index in [9.17, 15) is 13.2 Å². The van der Waals surface area contributed by atoms with Crippen molar-refractivity contribution in [1.29, 1.82) is 0 Å². The molecule has 1 N–H and O–H groups in total. The van der Waals surface area contributed by atoms with Gasteiger partial charge in [0, 0.05) is 19.5 Å². The van der Waals surface area contributed by atoms with Crippen LogP contribution >= 0.6 is 0 Å². The van der Waals surface area contributed by atoms with Crippen LogP contribution in [0.5, 0.6) is 0 Å². The fourth-order valence-electron chi connectivity index (χ4n) is 2.50. The molecule has 5 nitrogen and oxygen atoms in total. The van der Waals surface area contributed by atoms with Gasteiger partial charge in [0.25, 0.3) is 0 Å². The summed E-state index contributed by atoms with van der Waals surface area (Å²) in [6, 6.07) is 6.58. The summed E-state index contributed by atoms with van der Waals surface area (Å²) < 4.78 is 26.4. The summed E-state index contributed by atoms with van der Waals surface area (Å²) in [5.41, 5.74) is 0.821. The Hall–Kier alpha value is -1.40. The van der Waals surface area contributed by atoms with Crippen molar-refractivity contribution in [3.8, 4) is 0 Å². The number of hydrogen-bond acceptors (Lipinski definition) is 3. The molecule has 0 heterocycles. The second kappa shape index (κ2) is 8.12. The van der Waals surface area contributed by atoms with Crippen LogP contribution in [0.4, 0.5) is 0 Å². The summed E-state index contributed by atoms with van der Waals surface area (Å²) in [7, 11) is -3.44. The average molecular weight is 355 g/mol. The van der Waals surface area contributed by atoms with E-state index < -0.39 is 10.0 Å². The number of amides is 1. The van der Waals surface area contributed by atoms with Gasteiger partial charge in [0.1, 0.15) is 0 Å². The second-order valence-corrected chi connectivity index (χ2v) is 9.12. The maximum Gasteiger partial charge on any atom is 0.243 e. The van der Waals surface area contributed by atoms with Crippen molar-refractivity contribution in [3.63, 3.8) is 0 Å². The molecule has 24 heavy (non-hydrogen) atoms. The maximum atomic E-state index is 12.5. The highest BCUT2D eigenvalue weighted by molar-refractivity contribution is 7.89. The third-order valence-electron chi connectivity index (χ3n) is 3.79. The lowest BCUT2D eigenvalue weighted by molar-refractivity contribution is -0.123. The fraction of sp³-hybridized carbons (Fsp3) is 0.611. The Bertz CT molecular complexity index is 642. The van der Waals surface area contributed by atoms with Crippen LogP contribution in [0.2, 0.25) is 0 Å². The zero-order valence-corrected chi connectivity index (χ0v) is 16.4. The quantitative estimate of drug-likeness (QED) is 0.817. The summed E-state index contributed by atoms with van der Waals surface area (Å²) in [6.45, 7) is 12.5. The van der Waals surface area contributed by atoms with Crippen molar-refractivity contribution in [2.45, 2.75) is 58.9 Å². The third kappa shape index (κ3) is 5.60. The molecule has 0 fully saturated rings. The first-order chi connectivity index (χ1) is 11.0. The molecule has 0 saturated heterocycles. The summed E-state index contributed by atoms with van der Waals surface area (Å²) in [5.74, 6) is -0.00478. The van der Waals surface area contributed by atoms with E-state index in [0.717, 1.165) is 5.56 Å². The number of sulfonamides is 1. The Balaban J connectivity index is 2.86. The van der Waals surface area contributed by atoms with Crippen LogP contribution in [-0.2, 0) is 14.8 Å². The molecule has 0 aliphatic rings. The van der Waals surface area contributed by atoms with E-state index in [0.29, 0.717) is 19.5 Å². The molecule has 1 rings (SSSR count). The minimum atomic E-state index is -3.44. The number of carbonyl (C=O) groups excluding carboxylic acids is 1. The first-order valence-corrected chi connectivity index (χ1v) is 9.84. The van der Waals surface area contributed by atoms with Gasteiger partial charge < -0.3 is 5.32 Å². The maximum absolute atomic E-state index is 12.5. The van der Waals surface area contributed by atoms with Crippen molar-refractivity contribution in [1.82, 2.24) is 9.62 Å². The number of carbonyl (C=O) groups is 1. The van der Waals surface area contributed by atoms with Gasteiger partial charge in [-0.25, -0.2) is 8.42 Å². The summed E-state index contributed by atoms with van der Waals surface area (Å²) >= 11 is 0.